The van der Waals surface area contributed by atoms with E-state index in [1.807, 2.05) is 0 Å². The molecule has 58 valence electrons. The summed E-state index contributed by atoms with van der Waals surface area (Å²) in [7, 11) is 1.74. The Balaban J connectivity index is 2.18. The van der Waals surface area contributed by atoms with Gasteiger partial charge in [-0.1, -0.05) is 0 Å². The average molecular weight is 142 g/mol. The molecule has 0 aromatic heterocycles. The Bertz CT molecular complexity index is 110. The van der Waals surface area contributed by atoms with Gasteiger partial charge in [0.05, 0.1) is 0 Å². The zero-order valence-electron chi connectivity index (χ0n) is 6.67. The largest absolute Gasteiger partial charge is 0.437 e. The molecule has 4 heteroatoms. The van der Waals surface area contributed by atoms with Gasteiger partial charge in [-0.25, -0.2) is 0 Å². The molecule has 1 fully saturated rings. The Morgan fingerprint density at radius 1 is 1.70 bits per heavy atom. The number of nitrogens with one attached hydrogen (secondary N) is 1. The van der Waals surface area contributed by atoms with Crippen LogP contribution in [-0.4, -0.2) is 43.2 Å². The van der Waals surface area contributed by atoms with E-state index < -0.39 is 0 Å². The molecule has 1 atom stereocenters. The average Bonchev–Trinajstić information content (AvgIpc) is 2.13. The van der Waals surface area contributed by atoms with Crippen molar-refractivity contribution in [3.8, 4) is 0 Å². The van der Waals surface area contributed by atoms with Crippen LogP contribution in [0, 0.1) is 0 Å². The lowest BCUT2D eigenvalue weighted by Gasteiger charge is -2.12. The Labute approximate surface area is 62.5 Å². The molecular formula is C6H15BN2O. The predicted molar refractivity (Wildman–Crippen MR) is 42.9 cm³/mol. The van der Waals surface area contributed by atoms with Crippen molar-refractivity contribution in [1.29, 1.82) is 0 Å². The van der Waals surface area contributed by atoms with Crippen LogP contribution in [0.5, 0.6) is 0 Å². The van der Waals surface area contributed by atoms with Crippen molar-refractivity contribution in [2.45, 2.75) is 19.3 Å². The molecule has 1 heterocycles. The van der Waals surface area contributed by atoms with Crippen LogP contribution in [0.3, 0.4) is 0 Å². The monoisotopic (exact) mass is 142 g/mol. The van der Waals surface area contributed by atoms with Gasteiger partial charge in [-0.3, -0.25) is 0 Å². The van der Waals surface area contributed by atoms with Crippen LogP contribution in [0.4, 0.5) is 0 Å². The molecule has 0 aromatic rings. The number of hydrogen-bond donors (Lipinski definition) is 2. The first-order chi connectivity index (χ1) is 4.68. The summed E-state index contributed by atoms with van der Waals surface area (Å²) in [4.78, 5) is 2.26. The van der Waals surface area contributed by atoms with Crippen LogP contribution in [-0.2, 0) is 0 Å². The fourth-order valence-corrected chi connectivity index (χ4v) is 1.41. The van der Waals surface area contributed by atoms with E-state index in [4.69, 9.17) is 5.02 Å². The molecule has 0 aliphatic carbocycles. The zero-order chi connectivity index (χ0) is 7.56. The van der Waals surface area contributed by atoms with Crippen LogP contribution in [0.15, 0.2) is 0 Å². The molecule has 0 radical (unpaired) electrons. The molecule has 0 aromatic carbocycles. The maximum absolute atomic E-state index is 8.97. The van der Waals surface area contributed by atoms with Crippen molar-refractivity contribution < 1.29 is 5.02 Å². The highest BCUT2D eigenvalue weighted by atomic mass is 16.2. The Morgan fingerprint density at radius 3 is 2.80 bits per heavy atom. The van der Waals surface area contributed by atoms with Gasteiger partial charge in [0.15, 0.2) is 0 Å². The van der Waals surface area contributed by atoms with Gasteiger partial charge >= 0.3 is 7.05 Å². The Hall–Kier alpha value is -0.0551. The van der Waals surface area contributed by atoms with E-state index in [0.29, 0.717) is 6.04 Å². The molecule has 1 unspecified atom stereocenters. The van der Waals surface area contributed by atoms with E-state index in [2.05, 4.69) is 17.2 Å². The van der Waals surface area contributed by atoms with Gasteiger partial charge in [-0.15, -0.1) is 0 Å². The number of hydrogen-bond acceptors (Lipinski definition) is 3. The lowest BCUT2D eigenvalue weighted by atomic mass is 9.87. The fraction of sp³-hybridized carbons (Fsp3) is 1.00. The molecule has 10 heavy (non-hydrogen) atoms. The normalized spacial score (nSPS) is 27.3. The van der Waals surface area contributed by atoms with Crippen LogP contribution in [0.25, 0.3) is 0 Å². The molecule has 0 spiro atoms. The second-order valence-electron chi connectivity index (χ2n) is 3.09. The summed E-state index contributed by atoms with van der Waals surface area (Å²) in [6.07, 6.45) is 1.15. The van der Waals surface area contributed by atoms with Crippen LogP contribution in [0.2, 0.25) is 6.82 Å². The van der Waals surface area contributed by atoms with Crippen LogP contribution >= 0.6 is 0 Å². The van der Waals surface area contributed by atoms with E-state index in [9.17, 15) is 0 Å². The first-order valence-electron chi connectivity index (χ1n) is 3.81. The summed E-state index contributed by atoms with van der Waals surface area (Å²) in [5.41, 5.74) is 0. The summed E-state index contributed by atoms with van der Waals surface area (Å²) in [6, 6.07) is 0.491. The van der Waals surface area contributed by atoms with Crippen molar-refractivity contribution >= 4 is 7.05 Å². The molecule has 1 aliphatic heterocycles. The molecule has 2 N–H and O–H groups in total. The fourth-order valence-electron chi connectivity index (χ4n) is 1.41. The van der Waals surface area contributed by atoms with Gasteiger partial charge < -0.3 is 15.2 Å². The third-order valence-corrected chi connectivity index (χ3v) is 1.87. The smallest absolute Gasteiger partial charge is 0.373 e. The Morgan fingerprint density at radius 2 is 2.40 bits per heavy atom. The second-order valence-corrected chi connectivity index (χ2v) is 3.09. The van der Waals surface area contributed by atoms with Gasteiger partial charge in [-0.05, 0) is 26.8 Å². The standard InChI is InChI=1S/C6H15BN2O/c1-7(10)8-6-3-4-9(2)5-6/h6,8,10H,3-5H2,1-2H3. The third kappa shape index (κ3) is 2.29. The van der Waals surface area contributed by atoms with Gasteiger partial charge in [0, 0.05) is 12.6 Å². The minimum absolute atomic E-state index is 0.364. The van der Waals surface area contributed by atoms with Gasteiger partial charge in [-0.2, -0.15) is 0 Å². The Kier molecular flexibility index (Phi) is 2.71. The quantitative estimate of drug-likeness (QED) is 0.505. The topological polar surface area (TPSA) is 35.5 Å². The molecule has 0 saturated carbocycles. The summed E-state index contributed by atoms with van der Waals surface area (Å²) in [5, 5.41) is 12.1. The molecule has 0 amide bonds. The third-order valence-electron chi connectivity index (χ3n) is 1.87. The maximum atomic E-state index is 8.97. The first-order valence-corrected chi connectivity index (χ1v) is 3.81. The summed E-state index contributed by atoms with van der Waals surface area (Å²) in [5.74, 6) is 0. The predicted octanol–water partition coefficient (Wildman–Crippen LogP) is -0.610. The molecular weight excluding hydrogens is 127 g/mol. The van der Waals surface area contributed by atoms with Crippen molar-refractivity contribution in [3.63, 3.8) is 0 Å². The van der Waals surface area contributed by atoms with Crippen molar-refractivity contribution in [1.82, 2.24) is 10.1 Å². The number of rotatable bonds is 2. The number of likely N-dealkylation sites (tertiary alicyclic amines) is 1. The van der Waals surface area contributed by atoms with Crippen LogP contribution < -0.4 is 5.23 Å². The van der Waals surface area contributed by atoms with E-state index in [1.54, 1.807) is 6.82 Å². The highest BCUT2D eigenvalue weighted by Crippen LogP contribution is 2.05. The lowest BCUT2D eigenvalue weighted by Crippen LogP contribution is -2.41. The van der Waals surface area contributed by atoms with E-state index >= 15 is 0 Å². The highest BCUT2D eigenvalue weighted by molar-refractivity contribution is 6.45. The molecule has 1 saturated heterocycles. The number of likely N-dealkylation sites (N-methyl/N-ethyl adjacent to an activating group) is 1. The number of nitrogens with zero attached hydrogens (tertiary/aromatic N) is 1. The highest BCUT2D eigenvalue weighted by Gasteiger charge is 2.20. The first kappa shape index (κ1) is 8.05. The maximum Gasteiger partial charge on any atom is 0.373 e. The summed E-state index contributed by atoms with van der Waals surface area (Å²) in [6.45, 7) is 3.97. The van der Waals surface area contributed by atoms with E-state index in [-0.39, 0.29) is 7.05 Å². The van der Waals surface area contributed by atoms with Gasteiger partial charge in [0.2, 0.25) is 0 Å². The summed E-state index contributed by atoms with van der Waals surface area (Å²) >= 11 is 0. The van der Waals surface area contributed by atoms with Crippen molar-refractivity contribution in [3.05, 3.63) is 0 Å². The minimum Gasteiger partial charge on any atom is -0.437 e. The minimum atomic E-state index is -0.364. The lowest BCUT2D eigenvalue weighted by molar-refractivity contribution is 0.404. The van der Waals surface area contributed by atoms with Gasteiger partial charge in [0.1, 0.15) is 0 Å². The van der Waals surface area contributed by atoms with Crippen molar-refractivity contribution in [2.75, 3.05) is 20.1 Å². The molecule has 0 bridgehead atoms. The second kappa shape index (κ2) is 3.37. The van der Waals surface area contributed by atoms with Crippen LogP contribution in [0.1, 0.15) is 6.42 Å². The molecule has 1 rings (SSSR count). The SMILES string of the molecule is CB(O)NC1CCN(C)C1. The van der Waals surface area contributed by atoms with E-state index in [1.165, 1.54) is 0 Å². The van der Waals surface area contributed by atoms with Gasteiger partial charge in [0.25, 0.3) is 0 Å². The summed E-state index contributed by atoms with van der Waals surface area (Å²) < 4.78 is 0. The van der Waals surface area contributed by atoms with E-state index in [0.717, 1.165) is 19.5 Å². The molecule has 3 nitrogen and oxygen atoms in total. The van der Waals surface area contributed by atoms with Crippen molar-refractivity contribution in [2.24, 2.45) is 0 Å². The zero-order valence-corrected chi connectivity index (χ0v) is 6.67. The molecule has 1 aliphatic rings.